The molecule has 0 unspecified atom stereocenters. The number of methoxy groups -OCH3 is 1. The topological polar surface area (TPSA) is 82.0 Å². The van der Waals surface area contributed by atoms with E-state index in [2.05, 4.69) is 26.7 Å². The van der Waals surface area contributed by atoms with Crippen molar-refractivity contribution in [2.75, 3.05) is 13.7 Å². The number of hydrogen-bond acceptors (Lipinski definition) is 6. The lowest BCUT2D eigenvalue weighted by Crippen LogP contribution is -2.50. The van der Waals surface area contributed by atoms with Crippen LogP contribution >= 0.6 is 0 Å². The van der Waals surface area contributed by atoms with Gasteiger partial charge in [-0.1, -0.05) is 12.1 Å². The molecule has 0 bridgehead atoms. The van der Waals surface area contributed by atoms with Crippen LogP contribution in [-0.2, 0) is 15.1 Å². The quantitative estimate of drug-likeness (QED) is 0.440. The number of carbonyl (C=O) groups is 1. The Morgan fingerprint density at radius 1 is 1.33 bits per heavy atom. The third-order valence-electron chi connectivity index (χ3n) is 4.45. The minimum absolute atomic E-state index is 0.0714. The van der Waals surface area contributed by atoms with Crippen molar-refractivity contribution in [3.05, 3.63) is 65.8 Å². The van der Waals surface area contributed by atoms with Gasteiger partial charge < -0.3 is 19.5 Å². The summed E-state index contributed by atoms with van der Waals surface area (Å²) >= 11 is 0. The molecule has 3 rings (SSSR count). The van der Waals surface area contributed by atoms with Crippen molar-refractivity contribution < 1.29 is 32.2 Å². The average Bonchev–Trinajstić information content (AvgIpc) is 2.71. The predicted octanol–water partition coefficient (Wildman–Crippen LogP) is 3.31. The molecule has 1 atom stereocenters. The van der Waals surface area contributed by atoms with Gasteiger partial charge in [0.05, 0.1) is 13.7 Å². The second kappa shape index (κ2) is 8.44. The van der Waals surface area contributed by atoms with E-state index >= 15 is 0 Å². The molecule has 7 nitrogen and oxygen atoms in total. The largest absolute Gasteiger partial charge is 0.573 e. The Morgan fingerprint density at radius 2 is 2.07 bits per heavy atom. The molecule has 158 valence electrons. The molecule has 1 aliphatic rings. The number of halogens is 3. The lowest BCUT2D eigenvalue weighted by atomic mass is 9.81. The predicted molar refractivity (Wildman–Crippen MR) is 101 cm³/mol. The Kier molecular flexibility index (Phi) is 5.95. The summed E-state index contributed by atoms with van der Waals surface area (Å²) in [5.74, 6) is -0.529. The minimum Gasteiger partial charge on any atom is -0.502 e. The summed E-state index contributed by atoms with van der Waals surface area (Å²) in [7, 11) is 1.36. The summed E-state index contributed by atoms with van der Waals surface area (Å²) in [6.07, 6.45) is -1.86. The van der Waals surface area contributed by atoms with E-state index in [0.29, 0.717) is 17.0 Å². The Labute approximate surface area is 170 Å². The summed E-state index contributed by atoms with van der Waals surface area (Å²) in [4.78, 5) is 20.9. The van der Waals surface area contributed by atoms with Crippen molar-refractivity contribution in [3.63, 3.8) is 0 Å². The van der Waals surface area contributed by atoms with E-state index in [0.717, 1.165) is 6.26 Å². The molecule has 1 aromatic heterocycles. The van der Waals surface area contributed by atoms with Gasteiger partial charge in [0.2, 0.25) is 0 Å². The number of ether oxygens (including phenoxy) is 3. The van der Waals surface area contributed by atoms with Crippen molar-refractivity contribution in [2.24, 2.45) is 4.99 Å². The fourth-order valence-corrected chi connectivity index (χ4v) is 3.21. The molecular formula is C20H18F3N3O4. The van der Waals surface area contributed by atoms with Crippen LogP contribution in [0.2, 0.25) is 0 Å². The highest BCUT2D eigenvalue weighted by molar-refractivity contribution is 5.94. The first-order valence-corrected chi connectivity index (χ1v) is 8.76. The summed E-state index contributed by atoms with van der Waals surface area (Å²) in [6, 6.07) is 8.59. The van der Waals surface area contributed by atoms with Gasteiger partial charge in [-0.05, 0) is 36.5 Å². The zero-order valence-electron chi connectivity index (χ0n) is 15.9. The van der Waals surface area contributed by atoms with Gasteiger partial charge in [0.1, 0.15) is 29.0 Å². The summed E-state index contributed by atoms with van der Waals surface area (Å²) in [6.45, 7) is 3.60. The number of rotatable bonds is 6. The number of pyridine rings is 1. The maximum Gasteiger partial charge on any atom is 0.573 e. The van der Waals surface area contributed by atoms with Crippen LogP contribution in [0.5, 0.6) is 11.5 Å². The third-order valence-corrected chi connectivity index (χ3v) is 4.45. The maximum atomic E-state index is 12.8. The highest BCUT2D eigenvalue weighted by atomic mass is 19.4. The number of aliphatic imine (C=N–C) groups is 1. The van der Waals surface area contributed by atoms with Gasteiger partial charge >= 0.3 is 6.36 Å². The first kappa shape index (κ1) is 21.2. The third kappa shape index (κ3) is 4.37. The first-order chi connectivity index (χ1) is 14.3. The number of nitrogens with one attached hydrogen (secondary N) is 1. The molecule has 1 N–H and O–H groups in total. The minimum atomic E-state index is -4.81. The smallest absolute Gasteiger partial charge is 0.502 e. The monoisotopic (exact) mass is 421 g/mol. The second-order valence-electron chi connectivity index (χ2n) is 6.28. The normalized spacial score (nSPS) is 18.6. The fourth-order valence-electron chi connectivity index (χ4n) is 3.21. The molecule has 2 aromatic rings. The van der Waals surface area contributed by atoms with E-state index in [-0.39, 0.29) is 24.5 Å². The number of alkyl halides is 3. The van der Waals surface area contributed by atoms with Gasteiger partial charge in [0, 0.05) is 12.6 Å². The van der Waals surface area contributed by atoms with Crippen LogP contribution < -0.4 is 14.8 Å². The fraction of sp³-hybridized carbons (Fsp3) is 0.250. The molecule has 2 heterocycles. The van der Waals surface area contributed by atoms with Crippen molar-refractivity contribution in [1.82, 2.24) is 10.3 Å². The van der Waals surface area contributed by atoms with Crippen molar-refractivity contribution in [1.29, 1.82) is 0 Å². The van der Waals surface area contributed by atoms with Gasteiger partial charge in [0.25, 0.3) is 5.91 Å². The van der Waals surface area contributed by atoms with Crippen LogP contribution in [0.15, 0.2) is 59.5 Å². The molecule has 1 aliphatic heterocycles. The number of nitrogens with zero attached hydrogens (tertiary/aromatic N) is 2. The van der Waals surface area contributed by atoms with Crippen molar-refractivity contribution >= 4 is 12.6 Å². The Balaban J connectivity index is 2.07. The van der Waals surface area contributed by atoms with Crippen LogP contribution in [0.1, 0.15) is 17.7 Å². The van der Waals surface area contributed by atoms with E-state index in [1.165, 1.54) is 37.6 Å². The molecule has 0 radical (unpaired) electrons. The van der Waals surface area contributed by atoms with Gasteiger partial charge in [-0.3, -0.25) is 14.8 Å². The molecule has 0 aliphatic carbocycles. The molecule has 0 saturated carbocycles. The van der Waals surface area contributed by atoms with Gasteiger partial charge in [0.15, 0.2) is 5.70 Å². The standard InChI is InChI=1S/C20H18F3N3O4/c1-24-15(12-28-2)18(27)26-19(9-11-29-16-4-3-10-25-17(16)19)13-5-7-14(8-6-13)30-20(21,22)23/h3-8,10,12H,1,9,11H2,2H3,(H,26,27)/b15-12-/t19-/m0/s1. The van der Waals surface area contributed by atoms with Crippen molar-refractivity contribution in [3.8, 4) is 11.5 Å². The van der Waals surface area contributed by atoms with Crippen LogP contribution in [0.3, 0.4) is 0 Å². The number of carbonyl (C=O) groups excluding carboxylic acids is 1. The van der Waals surface area contributed by atoms with E-state index in [1.807, 2.05) is 0 Å². The van der Waals surface area contributed by atoms with E-state index in [4.69, 9.17) is 9.47 Å². The summed E-state index contributed by atoms with van der Waals surface area (Å²) < 4.78 is 51.9. The van der Waals surface area contributed by atoms with E-state index in [9.17, 15) is 18.0 Å². The molecule has 0 spiro atoms. The number of fused-ring (bicyclic) bond motifs is 1. The van der Waals surface area contributed by atoms with Crippen LogP contribution in [0.4, 0.5) is 13.2 Å². The van der Waals surface area contributed by atoms with Crippen LogP contribution in [-0.4, -0.2) is 37.7 Å². The molecule has 10 heteroatoms. The van der Waals surface area contributed by atoms with Gasteiger partial charge in [-0.25, -0.2) is 0 Å². The molecule has 30 heavy (non-hydrogen) atoms. The molecule has 0 saturated heterocycles. The second-order valence-corrected chi connectivity index (χ2v) is 6.28. The average molecular weight is 421 g/mol. The number of aromatic nitrogens is 1. The molecule has 1 aromatic carbocycles. The van der Waals surface area contributed by atoms with Crippen LogP contribution in [0, 0.1) is 0 Å². The number of benzene rings is 1. The van der Waals surface area contributed by atoms with Crippen molar-refractivity contribution in [2.45, 2.75) is 18.3 Å². The SMILES string of the molecule is C=N/C(=C\OC)C(=O)N[C@]1(c2ccc(OC(F)(F)F)cc2)CCOc2cccnc21. The Bertz CT molecular complexity index is 961. The maximum absolute atomic E-state index is 12.8. The van der Waals surface area contributed by atoms with E-state index in [1.54, 1.807) is 12.1 Å². The zero-order chi connectivity index (χ0) is 21.8. The Morgan fingerprint density at radius 3 is 2.70 bits per heavy atom. The molecular weight excluding hydrogens is 403 g/mol. The van der Waals surface area contributed by atoms with Crippen LogP contribution in [0.25, 0.3) is 0 Å². The first-order valence-electron chi connectivity index (χ1n) is 8.76. The van der Waals surface area contributed by atoms with Gasteiger partial charge in [-0.2, -0.15) is 0 Å². The summed E-state index contributed by atoms with van der Waals surface area (Å²) in [5.41, 5.74) is -0.345. The Hall–Kier alpha value is -3.56. The molecule has 0 fully saturated rings. The summed E-state index contributed by atoms with van der Waals surface area (Å²) in [5, 5.41) is 2.88. The lowest BCUT2D eigenvalue weighted by Gasteiger charge is -2.39. The number of amides is 1. The van der Waals surface area contributed by atoms with Gasteiger partial charge in [-0.15, -0.1) is 13.2 Å². The highest BCUT2D eigenvalue weighted by Crippen LogP contribution is 2.41. The number of hydrogen-bond donors (Lipinski definition) is 1. The zero-order valence-corrected chi connectivity index (χ0v) is 15.9. The molecule has 1 amide bonds. The van der Waals surface area contributed by atoms with E-state index < -0.39 is 17.8 Å². The highest BCUT2D eigenvalue weighted by Gasteiger charge is 2.43. The lowest BCUT2D eigenvalue weighted by molar-refractivity contribution is -0.274.